The van der Waals surface area contributed by atoms with Gasteiger partial charge in [0.1, 0.15) is 4.21 Å². The van der Waals surface area contributed by atoms with Crippen LogP contribution in [0.1, 0.15) is 6.42 Å². The third kappa shape index (κ3) is 3.52. The van der Waals surface area contributed by atoms with Crippen LogP contribution < -0.4 is 0 Å². The van der Waals surface area contributed by atoms with Crippen molar-refractivity contribution < 1.29 is 18.3 Å². The molecule has 1 aliphatic rings. The monoisotopic (exact) mass is 385 g/mol. The van der Waals surface area contributed by atoms with Gasteiger partial charge < -0.3 is 5.11 Å². The first-order chi connectivity index (χ1) is 8.91. The smallest absolute Gasteiger partial charge is 0.305 e. The van der Waals surface area contributed by atoms with Crippen LogP contribution in [0.2, 0.25) is 0 Å². The van der Waals surface area contributed by atoms with Crippen molar-refractivity contribution >= 4 is 55.0 Å². The highest BCUT2D eigenvalue weighted by atomic mass is 79.9. The molecular formula is C10H12BrNO4S3. The fourth-order valence-corrected chi connectivity index (χ4v) is 6.91. The number of hydrogen-bond acceptors (Lipinski definition) is 5. The first kappa shape index (κ1) is 15.3. The Hall–Kier alpha value is -0.0900. The van der Waals surface area contributed by atoms with Crippen LogP contribution in [0.3, 0.4) is 0 Å². The van der Waals surface area contributed by atoms with Crippen LogP contribution in [-0.4, -0.2) is 47.9 Å². The van der Waals surface area contributed by atoms with Gasteiger partial charge in [0.15, 0.2) is 0 Å². The van der Waals surface area contributed by atoms with Crippen LogP contribution in [0.5, 0.6) is 0 Å². The van der Waals surface area contributed by atoms with Gasteiger partial charge in [0.05, 0.1) is 10.2 Å². The van der Waals surface area contributed by atoms with Gasteiger partial charge in [0.2, 0.25) is 0 Å². The van der Waals surface area contributed by atoms with Gasteiger partial charge in [-0.2, -0.15) is 16.1 Å². The predicted molar refractivity (Wildman–Crippen MR) is 79.3 cm³/mol. The summed E-state index contributed by atoms with van der Waals surface area (Å²) in [7, 11) is -3.59. The van der Waals surface area contributed by atoms with Crippen LogP contribution in [-0.2, 0) is 14.8 Å². The van der Waals surface area contributed by atoms with Gasteiger partial charge in [-0.3, -0.25) is 4.79 Å². The molecule has 0 radical (unpaired) electrons. The minimum absolute atomic E-state index is 0.154. The molecule has 1 aliphatic heterocycles. The lowest BCUT2D eigenvalue weighted by atomic mass is 10.2. The molecule has 0 spiro atoms. The lowest BCUT2D eigenvalue weighted by Gasteiger charge is -2.33. The number of thioether (sulfide) groups is 1. The summed E-state index contributed by atoms with van der Waals surface area (Å²) in [6.45, 7) is 0.362. The molecule has 1 fully saturated rings. The highest BCUT2D eigenvalue weighted by molar-refractivity contribution is 9.11. The van der Waals surface area contributed by atoms with E-state index in [2.05, 4.69) is 15.9 Å². The molecule has 106 valence electrons. The van der Waals surface area contributed by atoms with Gasteiger partial charge in [-0.25, -0.2) is 8.42 Å². The minimum Gasteiger partial charge on any atom is -0.481 e. The number of carboxylic acid groups (broad SMARTS) is 1. The molecule has 19 heavy (non-hydrogen) atoms. The number of thiophene rings is 1. The van der Waals surface area contributed by atoms with Crippen molar-refractivity contribution in [3.05, 3.63) is 15.9 Å². The van der Waals surface area contributed by atoms with E-state index in [0.717, 1.165) is 15.1 Å². The van der Waals surface area contributed by atoms with Crippen LogP contribution >= 0.6 is 39.0 Å². The maximum atomic E-state index is 12.5. The van der Waals surface area contributed by atoms with E-state index in [1.54, 1.807) is 23.9 Å². The molecule has 2 rings (SSSR count). The van der Waals surface area contributed by atoms with Crippen molar-refractivity contribution in [3.63, 3.8) is 0 Å². The fourth-order valence-electron chi connectivity index (χ4n) is 1.87. The maximum Gasteiger partial charge on any atom is 0.305 e. The van der Waals surface area contributed by atoms with E-state index < -0.39 is 22.0 Å². The second kappa shape index (κ2) is 6.13. The van der Waals surface area contributed by atoms with E-state index in [1.165, 1.54) is 4.31 Å². The quantitative estimate of drug-likeness (QED) is 0.858. The normalized spacial score (nSPS) is 21.4. The highest BCUT2D eigenvalue weighted by Gasteiger charge is 2.35. The third-order valence-electron chi connectivity index (χ3n) is 2.70. The van der Waals surface area contributed by atoms with E-state index in [4.69, 9.17) is 5.11 Å². The molecule has 2 heterocycles. The molecule has 1 aromatic heterocycles. The Kier molecular flexibility index (Phi) is 4.93. The van der Waals surface area contributed by atoms with Crippen LogP contribution in [0.4, 0.5) is 0 Å². The number of carboxylic acids is 1. The molecule has 0 amide bonds. The number of carbonyl (C=O) groups is 1. The van der Waals surface area contributed by atoms with E-state index in [1.807, 2.05) is 0 Å². The lowest BCUT2D eigenvalue weighted by Crippen LogP contribution is -2.46. The molecule has 1 N–H and O–H groups in total. The Morgan fingerprint density at radius 1 is 1.53 bits per heavy atom. The van der Waals surface area contributed by atoms with Gasteiger partial charge in [-0.15, -0.1) is 11.3 Å². The largest absolute Gasteiger partial charge is 0.481 e. The zero-order valence-corrected chi connectivity index (χ0v) is 13.8. The number of aliphatic carboxylic acids is 1. The van der Waals surface area contributed by atoms with E-state index >= 15 is 0 Å². The molecule has 9 heteroatoms. The zero-order chi connectivity index (χ0) is 14.0. The summed E-state index contributed by atoms with van der Waals surface area (Å²) < 4.78 is 27.3. The number of nitrogens with zero attached hydrogens (tertiary/aromatic N) is 1. The third-order valence-corrected chi connectivity index (χ3v) is 7.83. The van der Waals surface area contributed by atoms with Gasteiger partial charge in [0, 0.05) is 24.1 Å². The molecule has 0 bridgehead atoms. The minimum atomic E-state index is -3.59. The van der Waals surface area contributed by atoms with Gasteiger partial charge >= 0.3 is 5.97 Å². The molecule has 1 atom stereocenters. The Morgan fingerprint density at radius 2 is 2.26 bits per heavy atom. The summed E-state index contributed by atoms with van der Waals surface area (Å²) in [5, 5.41) is 8.89. The Morgan fingerprint density at radius 3 is 2.84 bits per heavy atom. The Balaban J connectivity index is 2.28. The first-order valence-electron chi connectivity index (χ1n) is 5.48. The summed E-state index contributed by atoms with van der Waals surface area (Å²) >= 11 is 5.97. The number of halogens is 1. The highest BCUT2D eigenvalue weighted by Crippen LogP contribution is 2.32. The van der Waals surface area contributed by atoms with E-state index in [-0.39, 0.29) is 10.6 Å². The van der Waals surface area contributed by atoms with Crippen molar-refractivity contribution in [2.24, 2.45) is 0 Å². The van der Waals surface area contributed by atoms with Crippen molar-refractivity contribution in [1.29, 1.82) is 0 Å². The summed E-state index contributed by atoms with van der Waals surface area (Å²) in [5.41, 5.74) is 0. The summed E-state index contributed by atoms with van der Waals surface area (Å²) in [6, 6.07) is 2.76. The Labute approximate surface area is 128 Å². The van der Waals surface area contributed by atoms with Crippen molar-refractivity contribution in [2.75, 3.05) is 18.1 Å². The van der Waals surface area contributed by atoms with Crippen molar-refractivity contribution in [3.8, 4) is 0 Å². The second-order valence-electron chi connectivity index (χ2n) is 4.00. The fraction of sp³-hybridized carbons (Fsp3) is 0.500. The van der Waals surface area contributed by atoms with Crippen molar-refractivity contribution in [1.82, 2.24) is 4.31 Å². The van der Waals surface area contributed by atoms with Gasteiger partial charge in [-0.05, 0) is 28.1 Å². The standard InChI is InChI=1S/C10H12BrNO4S3/c11-8-1-2-10(18-8)19(15,16)12-3-4-17-6-7(12)5-9(13)14/h1-2,7H,3-6H2,(H,13,14). The summed E-state index contributed by atoms with van der Waals surface area (Å²) in [6.07, 6.45) is -0.154. The lowest BCUT2D eigenvalue weighted by molar-refractivity contribution is -0.137. The Bertz CT molecular complexity index is 571. The number of sulfonamides is 1. The van der Waals surface area contributed by atoms with E-state index in [9.17, 15) is 13.2 Å². The van der Waals surface area contributed by atoms with Crippen molar-refractivity contribution in [2.45, 2.75) is 16.7 Å². The van der Waals surface area contributed by atoms with Gasteiger partial charge in [0.25, 0.3) is 10.0 Å². The number of hydrogen-bond donors (Lipinski definition) is 1. The topological polar surface area (TPSA) is 74.7 Å². The van der Waals surface area contributed by atoms with Crippen LogP contribution in [0.25, 0.3) is 0 Å². The second-order valence-corrected chi connectivity index (χ2v) is 9.73. The summed E-state index contributed by atoms with van der Waals surface area (Å²) in [4.78, 5) is 10.8. The SMILES string of the molecule is O=C(O)CC1CSCCN1S(=O)(=O)c1ccc(Br)s1. The van der Waals surface area contributed by atoms with Crippen LogP contribution in [0.15, 0.2) is 20.1 Å². The predicted octanol–water partition coefficient (Wildman–Crippen LogP) is 2.09. The first-order valence-corrected chi connectivity index (χ1v) is 9.68. The molecular weight excluding hydrogens is 374 g/mol. The molecule has 5 nitrogen and oxygen atoms in total. The average Bonchev–Trinajstić information content (AvgIpc) is 2.76. The molecule has 1 saturated heterocycles. The maximum absolute atomic E-state index is 12.5. The average molecular weight is 386 g/mol. The molecule has 0 aliphatic carbocycles. The van der Waals surface area contributed by atoms with E-state index in [0.29, 0.717) is 18.1 Å². The molecule has 1 unspecified atom stereocenters. The molecule has 0 saturated carbocycles. The molecule has 0 aromatic carbocycles. The van der Waals surface area contributed by atoms with Gasteiger partial charge in [-0.1, -0.05) is 0 Å². The van der Waals surface area contributed by atoms with Crippen LogP contribution in [0, 0.1) is 0 Å². The summed E-state index contributed by atoms with van der Waals surface area (Å²) in [5.74, 6) is 0.250. The zero-order valence-electron chi connectivity index (χ0n) is 9.78. The number of rotatable bonds is 4. The molecule has 1 aromatic rings.